The molecule has 5 aromatic rings. The quantitative estimate of drug-likeness (QED) is 0.142. The highest BCUT2D eigenvalue weighted by Crippen LogP contribution is 2.60. The van der Waals surface area contributed by atoms with Crippen LogP contribution in [0.5, 0.6) is 11.5 Å². The van der Waals surface area contributed by atoms with Crippen molar-refractivity contribution < 1.29 is 37.8 Å². The second-order valence-electron chi connectivity index (χ2n) is 8.79. The van der Waals surface area contributed by atoms with Gasteiger partial charge in [0.15, 0.2) is 0 Å². The molecule has 0 fully saturated rings. The SMILES string of the molecule is O=P(O)(O)Oc1c(-c2ccccc2)c(-c2ccccc2)c(OP(=O)(O)O)c(-c2ccccc2)c1-c1ccccc1. The summed E-state index contributed by atoms with van der Waals surface area (Å²) in [5.41, 5.74) is 2.70. The highest BCUT2D eigenvalue weighted by Gasteiger charge is 2.35. The number of benzene rings is 5. The van der Waals surface area contributed by atoms with Crippen LogP contribution in [0.15, 0.2) is 121 Å². The minimum absolute atomic E-state index is 0.165. The van der Waals surface area contributed by atoms with E-state index in [-0.39, 0.29) is 33.8 Å². The van der Waals surface area contributed by atoms with Crippen LogP contribution in [0.2, 0.25) is 0 Å². The summed E-state index contributed by atoms with van der Waals surface area (Å²) in [5.74, 6) is -0.331. The Balaban J connectivity index is 2.11. The van der Waals surface area contributed by atoms with Crippen LogP contribution in [0.1, 0.15) is 0 Å². The maximum absolute atomic E-state index is 12.5. The van der Waals surface area contributed by atoms with Crippen molar-refractivity contribution >= 4 is 15.6 Å². The Bertz CT molecular complexity index is 1480. The third kappa shape index (κ3) is 6.09. The third-order valence-electron chi connectivity index (χ3n) is 6.08. The lowest BCUT2D eigenvalue weighted by atomic mass is 9.83. The molecule has 0 aromatic heterocycles. The number of hydrogen-bond acceptors (Lipinski definition) is 4. The van der Waals surface area contributed by atoms with Gasteiger partial charge in [-0.05, 0) is 22.3 Å². The van der Waals surface area contributed by atoms with Crippen molar-refractivity contribution in [3.8, 4) is 56.0 Å². The fraction of sp³-hybridized carbons (Fsp3) is 0. The zero-order valence-electron chi connectivity index (χ0n) is 20.9. The molecule has 0 heterocycles. The van der Waals surface area contributed by atoms with E-state index >= 15 is 0 Å². The molecule has 0 unspecified atom stereocenters. The van der Waals surface area contributed by atoms with Crippen molar-refractivity contribution in [1.82, 2.24) is 0 Å². The Hall–Kier alpha value is -4.00. The summed E-state index contributed by atoms with van der Waals surface area (Å²) in [7, 11) is -10.3. The summed E-state index contributed by atoms with van der Waals surface area (Å²) in [6.07, 6.45) is 0. The maximum atomic E-state index is 12.5. The molecule has 0 aliphatic carbocycles. The van der Waals surface area contributed by atoms with Gasteiger partial charge in [-0.3, -0.25) is 19.6 Å². The fourth-order valence-corrected chi connectivity index (χ4v) is 5.49. The van der Waals surface area contributed by atoms with Crippen molar-refractivity contribution in [2.75, 3.05) is 0 Å². The standard InChI is InChI=1S/C30H24O8P2/c31-39(32,33)37-29-25(21-13-5-1-6-14-21)26(22-15-7-2-8-16-22)30(38-40(34,35)36)28(24-19-11-4-12-20-24)27(29)23-17-9-3-10-18-23/h1-20H,(H2,31,32,33)(H2,34,35,36). The highest BCUT2D eigenvalue weighted by molar-refractivity contribution is 7.47. The maximum Gasteiger partial charge on any atom is 0.524 e. The van der Waals surface area contributed by atoms with Gasteiger partial charge in [0.05, 0.1) is 0 Å². The van der Waals surface area contributed by atoms with Crippen molar-refractivity contribution in [2.45, 2.75) is 0 Å². The molecule has 0 saturated heterocycles. The van der Waals surface area contributed by atoms with Gasteiger partial charge in [-0.1, -0.05) is 121 Å². The topological polar surface area (TPSA) is 134 Å². The molecule has 0 aliphatic heterocycles. The summed E-state index contributed by atoms with van der Waals surface area (Å²) in [6.45, 7) is 0. The Kier molecular flexibility index (Phi) is 7.74. The average molecular weight is 574 g/mol. The number of rotatable bonds is 8. The monoisotopic (exact) mass is 574 g/mol. The zero-order chi connectivity index (χ0) is 28.3. The minimum Gasteiger partial charge on any atom is -0.403 e. The minimum atomic E-state index is -5.16. The fourth-order valence-electron chi connectivity index (χ4n) is 4.65. The molecule has 5 aromatic carbocycles. The first-order chi connectivity index (χ1) is 19.1. The summed E-state index contributed by atoms with van der Waals surface area (Å²) in [6, 6.07) is 34.7. The van der Waals surface area contributed by atoms with E-state index in [0.717, 1.165) is 0 Å². The van der Waals surface area contributed by atoms with Crippen molar-refractivity contribution in [3.05, 3.63) is 121 Å². The molecule has 0 amide bonds. The van der Waals surface area contributed by atoms with Gasteiger partial charge in [0.2, 0.25) is 0 Å². The van der Waals surface area contributed by atoms with E-state index in [9.17, 15) is 28.7 Å². The summed E-state index contributed by atoms with van der Waals surface area (Å²) < 4.78 is 36.0. The second kappa shape index (κ2) is 11.2. The molecule has 10 heteroatoms. The Morgan fingerprint density at radius 3 is 0.750 bits per heavy atom. The van der Waals surface area contributed by atoms with E-state index in [0.29, 0.717) is 22.3 Å². The van der Waals surface area contributed by atoms with Gasteiger partial charge in [-0.2, -0.15) is 0 Å². The van der Waals surface area contributed by atoms with Gasteiger partial charge < -0.3 is 9.05 Å². The molecular weight excluding hydrogens is 550 g/mol. The molecule has 0 bridgehead atoms. The van der Waals surface area contributed by atoms with Gasteiger partial charge >= 0.3 is 15.6 Å². The van der Waals surface area contributed by atoms with Gasteiger partial charge in [-0.15, -0.1) is 0 Å². The van der Waals surface area contributed by atoms with Crippen LogP contribution in [0.4, 0.5) is 0 Å². The summed E-state index contributed by atoms with van der Waals surface area (Å²) >= 11 is 0. The predicted octanol–water partition coefficient (Wildman–Crippen LogP) is 7.30. The first-order valence-electron chi connectivity index (χ1n) is 12.1. The molecule has 202 valence electrons. The van der Waals surface area contributed by atoms with Crippen LogP contribution in [-0.2, 0) is 9.13 Å². The lowest BCUT2D eigenvalue weighted by Gasteiger charge is -2.27. The molecule has 8 nitrogen and oxygen atoms in total. The number of hydrogen-bond donors (Lipinski definition) is 4. The average Bonchev–Trinajstić information content (AvgIpc) is 2.93. The molecule has 5 rings (SSSR count). The molecule has 0 spiro atoms. The van der Waals surface area contributed by atoms with Crippen LogP contribution in [0.25, 0.3) is 44.5 Å². The van der Waals surface area contributed by atoms with E-state index in [2.05, 4.69) is 0 Å². The lowest BCUT2D eigenvalue weighted by Crippen LogP contribution is -2.04. The predicted molar refractivity (Wildman–Crippen MR) is 154 cm³/mol. The number of phosphoric ester groups is 2. The van der Waals surface area contributed by atoms with Crippen molar-refractivity contribution in [3.63, 3.8) is 0 Å². The van der Waals surface area contributed by atoms with E-state index < -0.39 is 15.6 Å². The third-order valence-corrected chi connectivity index (χ3v) is 6.92. The summed E-state index contributed by atoms with van der Waals surface area (Å²) in [4.78, 5) is 40.5. The largest absolute Gasteiger partial charge is 0.524 e. The molecule has 0 saturated carbocycles. The van der Waals surface area contributed by atoms with Gasteiger partial charge in [0.1, 0.15) is 11.5 Å². The Labute approximate surface area is 230 Å². The molecule has 0 radical (unpaired) electrons. The van der Waals surface area contributed by atoms with Gasteiger partial charge in [-0.25, -0.2) is 9.13 Å². The van der Waals surface area contributed by atoms with Gasteiger partial charge in [0, 0.05) is 22.3 Å². The van der Waals surface area contributed by atoms with Gasteiger partial charge in [0.25, 0.3) is 0 Å². The smallest absolute Gasteiger partial charge is 0.403 e. The van der Waals surface area contributed by atoms with Crippen molar-refractivity contribution in [1.29, 1.82) is 0 Å². The lowest BCUT2D eigenvalue weighted by molar-refractivity contribution is 0.279. The second-order valence-corrected chi connectivity index (χ2v) is 11.1. The Morgan fingerprint density at radius 2 is 0.575 bits per heavy atom. The zero-order valence-corrected chi connectivity index (χ0v) is 22.7. The van der Waals surface area contributed by atoms with E-state index in [4.69, 9.17) is 9.05 Å². The summed E-state index contributed by atoms with van der Waals surface area (Å²) in [5, 5.41) is 0. The molecular formula is C30H24O8P2. The van der Waals surface area contributed by atoms with Crippen molar-refractivity contribution in [2.24, 2.45) is 0 Å². The van der Waals surface area contributed by atoms with E-state index in [1.165, 1.54) is 0 Å². The first kappa shape index (κ1) is 27.6. The van der Waals surface area contributed by atoms with E-state index in [1.54, 1.807) is 121 Å². The normalized spacial score (nSPS) is 11.7. The van der Waals surface area contributed by atoms with Crippen LogP contribution in [0.3, 0.4) is 0 Å². The molecule has 0 atom stereocenters. The van der Waals surface area contributed by atoms with E-state index in [1.807, 2.05) is 0 Å². The number of phosphoric acid groups is 2. The molecule has 4 N–H and O–H groups in total. The van der Waals surface area contributed by atoms with Crippen LogP contribution < -0.4 is 9.05 Å². The molecule has 40 heavy (non-hydrogen) atoms. The Morgan fingerprint density at radius 1 is 0.375 bits per heavy atom. The molecule has 0 aliphatic rings. The first-order valence-corrected chi connectivity index (χ1v) is 15.1. The highest BCUT2D eigenvalue weighted by atomic mass is 31.2. The van der Waals surface area contributed by atoms with Crippen LogP contribution in [-0.4, -0.2) is 19.6 Å². The van der Waals surface area contributed by atoms with Crippen LogP contribution in [0, 0.1) is 0 Å². The van der Waals surface area contributed by atoms with Crippen LogP contribution >= 0.6 is 15.6 Å².